The summed E-state index contributed by atoms with van der Waals surface area (Å²) < 4.78 is 0. The Balaban J connectivity index is 2.73. The molecule has 0 aliphatic rings. The molecule has 0 heteroatoms. The molecule has 14 heavy (non-hydrogen) atoms. The number of benzene rings is 1. The first kappa shape index (κ1) is 11.0. The predicted molar refractivity (Wildman–Crippen MR) is 64.4 cm³/mol. The molecule has 0 saturated carbocycles. The number of rotatable bonds is 3. The van der Waals surface area contributed by atoms with Crippen LogP contribution in [0.25, 0.3) is 6.08 Å². The van der Waals surface area contributed by atoms with Crippen LogP contribution in [0.4, 0.5) is 0 Å². The van der Waals surface area contributed by atoms with Crippen molar-refractivity contribution in [2.45, 2.75) is 33.6 Å². The van der Waals surface area contributed by atoms with Crippen molar-refractivity contribution >= 4 is 6.08 Å². The van der Waals surface area contributed by atoms with Crippen molar-refractivity contribution in [3.63, 3.8) is 0 Å². The van der Waals surface area contributed by atoms with E-state index in [0.29, 0.717) is 11.8 Å². The zero-order valence-corrected chi connectivity index (χ0v) is 9.62. The second kappa shape index (κ2) is 4.99. The van der Waals surface area contributed by atoms with E-state index in [1.54, 1.807) is 0 Å². The van der Waals surface area contributed by atoms with Crippen LogP contribution in [0, 0.1) is 5.92 Å². The third kappa shape index (κ3) is 3.37. The molecule has 1 aromatic carbocycles. The summed E-state index contributed by atoms with van der Waals surface area (Å²) in [6.45, 7) is 8.83. The van der Waals surface area contributed by atoms with E-state index in [9.17, 15) is 0 Å². The minimum Gasteiger partial charge on any atom is -0.0814 e. The van der Waals surface area contributed by atoms with Crippen molar-refractivity contribution in [1.29, 1.82) is 0 Å². The molecule has 0 bridgehead atoms. The second-order valence-electron chi connectivity index (χ2n) is 4.42. The van der Waals surface area contributed by atoms with Gasteiger partial charge < -0.3 is 0 Å². The predicted octanol–water partition coefficient (Wildman–Crippen LogP) is 4.48. The zero-order valence-electron chi connectivity index (χ0n) is 9.62. The number of hydrogen-bond donors (Lipinski definition) is 0. The van der Waals surface area contributed by atoms with Gasteiger partial charge in [-0.2, -0.15) is 0 Å². The van der Waals surface area contributed by atoms with Crippen molar-refractivity contribution in [2.75, 3.05) is 0 Å². The molecule has 0 spiro atoms. The third-order valence-corrected chi connectivity index (χ3v) is 2.28. The van der Waals surface area contributed by atoms with E-state index >= 15 is 0 Å². The van der Waals surface area contributed by atoms with Gasteiger partial charge in [-0.25, -0.2) is 0 Å². The summed E-state index contributed by atoms with van der Waals surface area (Å²) in [4.78, 5) is 0. The highest BCUT2D eigenvalue weighted by molar-refractivity contribution is 5.50. The van der Waals surface area contributed by atoms with Crippen molar-refractivity contribution in [2.24, 2.45) is 5.92 Å². The molecule has 0 aliphatic carbocycles. The van der Waals surface area contributed by atoms with E-state index < -0.39 is 0 Å². The Hall–Kier alpha value is -1.04. The van der Waals surface area contributed by atoms with Gasteiger partial charge in [-0.15, -0.1) is 0 Å². The summed E-state index contributed by atoms with van der Waals surface area (Å²) in [5.74, 6) is 1.25. The van der Waals surface area contributed by atoms with E-state index in [1.165, 1.54) is 11.1 Å². The molecule has 0 heterocycles. The molecule has 0 aromatic heterocycles. The lowest BCUT2D eigenvalue weighted by atomic mass is 10.0. The lowest BCUT2D eigenvalue weighted by molar-refractivity contribution is 0.836. The van der Waals surface area contributed by atoms with E-state index in [4.69, 9.17) is 0 Å². The van der Waals surface area contributed by atoms with Crippen LogP contribution in [0.15, 0.2) is 30.3 Å². The zero-order chi connectivity index (χ0) is 10.6. The molecule has 0 amide bonds. The summed E-state index contributed by atoms with van der Waals surface area (Å²) in [5, 5.41) is 0. The van der Waals surface area contributed by atoms with Crippen LogP contribution >= 0.6 is 0 Å². The standard InChI is InChI=1S/C14H20/c1-11(2)5-6-13-7-9-14(10-8-13)12(3)4/h5-12H,1-4H3. The Kier molecular flexibility index (Phi) is 3.94. The average Bonchev–Trinajstić information content (AvgIpc) is 2.15. The van der Waals surface area contributed by atoms with Crippen LogP contribution in [0.3, 0.4) is 0 Å². The molecule has 0 aliphatic heterocycles. The van der Waals surface area contributed by atoms with Crippen molar-refractivity contribution in [3.05, 3.63) is 41.5 Å². The summed E-state index contributed by atoms with van der Waals surface area (Å²) in [6.07, 6.45) is 4.42. The van der Waals surface area contributed by atoms with Crippen LogP contribution in [0.1, 0.15) is 44.7 Å². The first-order valence-electron chi connectivity index (χ1n) is 5.37. The first-order chi connectivity index (χ1) is 6.59. The Morgan fingerprint density at radius 3 is 1.93 bits per heavy atom. The fraction of sp³-hybridized carbons (Fsp3) is 0.429. The molecule has 76 valence electrons. The van der Waals surface area contributed by atoms with Crippen LogP contribution in [-0.2, 0) is 0 Å². The van der Waals surface area contributed by atoms with E-state index in [0.717, 1.165) is 0 Å². The molecule has 0 N–H and O–H groups in total. The molecule has 0 radical (unpaired) electrons. The Labute approximate surface area is 87.7 Å². The lowest BCUT2D eigenvalue weighted by Crippen LogP contribution is -1.86. The summed E-state index contributed by atoms with van der Waals surface area (Å²) in [6, 6.07) is 8.80. The quantitative estimate of drug-likeness (QED) is 0.656. The van der Waals surface area contributed by atoms with Gasteiger partial charge >= 0.3 is 0 Å². The minimum atomic E-state index is 0.623. The summed E-state index contributed by atoms with van der Waals surface area (Å²) in [5.41, 5.74) is 2.70. The van der Waals surface area contributed by atoms with Gasteiger partial charge in [0.05, 0.1) is 0 Å². The molecule has 0 unspecified atom stereocenters. The van der Waals surface area contributed by atoms with Crippen molar-refractivity contribution in [3.8, 4) is 0 Å². The maximum absolute atomic E-state index is 2.23. The topological polar surface area (TPSA) is 0 Å². The Morgan fingerprint density at radius 1 is 0.929 bits per heavy atom. The number of hydrogen-bond acceptors (Lipinski definition) is 0. The van der Waals surface area contributed by atoms with Crippen LogP contribution in [-0.4, -0.2) is 0 Å². The SMILES string of the molecule is CC(C)C=Cc1ccc(C(C)C)cc1. The fourth-order valence-electron chi connectivity index (χ4n) is 1.30. The summed E-state index contributed by atoms with van der Waals surface area (Å²) >= 11 is 0. The fourth-order valence-corrected chi connectivity index (χ4v) is 1.30. The third-order valence-electron chi connectivity index (χ3n) is 2.28. The van der Waals surface area contributed by atoms with Crippen molar-refractivity contribution < 1.29 is 0 Å². The number of allylic oxidation sites excluding steroid dienone is 1. The average molecular weight is 188 g/mol. The maximum atomic E-state index is 2.23. The second-order valence-corrected chi connectivity index (χ2v) is 4.42. The molecular formula is C14H20. The van der Waals surface area contributed by atoms with Crippen molar-refractivity contribution in [1.82, 2.24) is 0 Å². The summed E-state index contributed by atoms with van der Waals surface area (Å²) in [7, 11) is 0. The largest absolute Gasteiger partial charge is 0.0814 e. The highest BCUT2D eigenvalue weighted by Crippen LogP contribution is 2.15. The van der Waals surface area contributed by atoms with E-state index in [1.807, 2.05) is 0 Å². The molecule has 1 aromatic rings. The van der Waals surface area contributed by atoms with Gasteiger partial charge in [-0.05, 0) is 23.0 Å². The van der Waals surface area contributed by atoms with Gasteiger partial charge in [0.15, 0.2) is 0 Å². The van der Waals surface area contributed by atoms with Gasteiger partial charge in [-0.3, -0.25) is 0 Å². The highest BCUT2D eigenvalue weighted by atomic mass is 14.0. The van der Waals surface area contributed by atoms with Crippen LogP contribution < -0.4 is 0 Å². The van der Waals surface area contributed by atoms with Gasteiger partial charge in [0, 0.05) is 0 Å². The van der Waals surface area contributed by atoms with Gasteiger partial charge in [0.1, 0.15) is 0 Å². The smallest absolute Gasteiger partial charge is 0.0219 e. The van der Waals surface area contributed by atoms with E-state index in [-0.39, 0.29) is 0 Å². The molecule has 0 saturated heterocycles. The van der Waals surface area contributed by atoms with E-state index in [2.05, 4.69) is 64.1 Å². The van der Waals surface area contributed by atoms with Gasteiger partial charge in [-0.1, -0.05) is 64.1 Å². The molecule has 1 rings (SSSR count). The normalized spacial score (nSPS) is 11.9. The van der Waals surface area contributed by atoms with Crippen LogP contribution in [0.5, 0.6) is 0 Å². The first-order valence-corrected chi connectivity index (χ1v) is 5.37. The monoisotopic (exact) mass is 188 g/mol. The lowest BCUT2D eigenvalue weighted by Gasteiger charge is -2.04. The molecular weight excluding hydrogens is 168 g/mol. The maximum Gasteiger partial charge on any atom is -0.0219 e. The molecule has 0 fully saturated rings. The molecule has 0 atom stereocenters. The molecule has 0 nitrogen and oxygen atoms in total. The Bertz CT molecular complexity index is 288. The van der Waals surface area contributed by atoms with Gasteiger partial charge in [0.25, 0.3) is 0 Å². The van der Waals surface area contributed by atoms with Gasteiger partial charge in [0.2, 0.25) is 0 Å². The highest BCUT2D eigenvalue weighted by Gasteiger charge is 1.96. The Morgan fingerprint density at radius 2 is 1.50 bits per heavy atom. The van der Waals surface area contributed by atoms with Crippen LogP contribution in [0.2, 0.25) is 0 Å². The minimum absolute atomic E-state index is 0.623.